The fourth-order valence-corrected chi connectivity index (χ4v) is 3.93. The van der Waals surface area contributed by atoms with E-state index in [2.05, 4.69) is 22.2 Å². The lowest BCUT2D eigenvalue weighted by Crippen LogP contribution is -2.38. The van der Waals surface area contributed by atoms with Crippen LogP contribution in [0.15, 0.2) is 0 Å². The molecule has 0 spiro atoms. The minimum absolute atomic E-state index is 0. The van der Waals surface area contributed by atoms with Crippen LogP contribution in [0, 0.1) is 17.8 Å². The average molecular weight is 302 g/mol. The molecule has 0 radical (unpaired) electrons. The van der Waals surface area contributed by atoms with E-state index in [1.165, 1.54) is 77.9 Å². The van der Waals surface area contributed by atoms with Crippen LogP contribution >= 0.6 is 12.4 Å². The standard InChI is InChI=1S/C16H31N3.ClH/c1-18(10-14-4-5-14)11-16-6-8-19(13-16)12-15-3-2-7-17-9-15;/h14-17H,2-13H2,1H3;1H. The highest BCUT2D eigenvalue weighted by Gasteiger charge is 2.28. The van der Waals surface area contributed by atoms with Crippen LogP contribution in [0.4, 0.5) is 0 Å². The highest BCUT2D eigenvalue weighted by molar-refractivity contribution is 5.85. The lowest BCUT2D eigenvalue weighted by Gasteiger charge is -2.28. The van der Waals surface area contributed by atoms with E-state index in [4.69, 9.17) is 0 Å². The number of hydrogen-bond acceptors (Lipinski definition) is 3. The Hall–Kier alpha value is 0.170. The summed E-state index contributed by atoms with van der Waals surface area (Å²) in [5.74, 6) is 2.88. The van der Waals surface area contributed by atoms with Gasteiger partial charge in [0.2, 0.25) is 0 Å². The van der Waals surface area contributed by atoms with Gasteiger partial charge < -0.3 is 15.1 Å². The normalized spacial score (nSPS) is 31.5. The van der Waals surface area contributed by atoms with Gasteiger partial charge in [0.1, 0.15) is 0 Å². The highest BCUT2D eigenvalue weighted by atomic mass is 35.5. The Morgan fingerprint density at radius 2 is 1.85 bits per heavy atom. The smallest absolute Gasteiger partial charge is 0.00225 e. The molecule has 1 saturated carbocycles. The zero-order valence-electron chi connectivity index (χ0n) is 13.0. The van der Waals surface area contributed by atoms with Gasteiger partial charge in [0.25, 0.3) is 0 Å². The molecule has 0 aromatic carbocycles. The van der Waals surface area contributed by atoms with Crippen molar-refractivity contribution in [3.8, 4) is 0 Å². The molecule has 118 valence electrons. The van der Waals surface area contributed by atoms with Crippen LogP contribution in [0.25, 0.3) is 0 Å². The fourth-order valence-electron chi connectivity index (χ4n) is 3.93. The molecule has 3 rings (SSSR count). The first kappa shape index (κ1) is 16.5. The topological polar surface area (TPSA) is 18.5 Å². The van der Waals surface area contributed by atoms with Crippen LogP contribution in [-0.2, 0) is 0 Å². The summed E-state index contributed by atoms with van der Waals surface area (Å²) < 4.78 is 0. The van der Waals surface area contributed by atoms with Gasteiger partial charge >= 0.3 is 0 Å². The highest BCUT2D eigenvalue weighted by Crippen LogP contribution is 2.30. The minimum Gasteiger partial charge on any atom is -0.316 e. The second kappa shape index (κ2) is 7.98. The van der Waals surface area contributed by atoms with Gasteiger partial charge in [0, 0.05) is 26.2 Å². The number of hydrogen-bond donors (Lipinski definition) is 1. The van der Waals surface area contributed by atoms with Gasteiger partial charge in [-0.1, -0.05) is 0 Å². The van der Waals surface area contributed by atoms with Gasteiger partial charge in [-0.05, 0) is 76.5 Å². The van der Waals surface area contributed by atoms with Crippen molar-refractivity contribution in [1.82, 2.24) is 15.1 Å². The summed E-state index contributed by atoms with van der Waals surface area (Å²) in [5, 5.41) is 3.55. The summed E-state index contributed by atoms with van der Waals surface area (Å²) in [7, 11) is 2.33. The van der Waals surface area contributed by atoms with E-state index >= 15 is 0 Å². The first-order chi connectivity index (χ1) is 9.29. The molecule has 4 heteroatoms. The van der Waals surface area contributed by atoms with E-state index in [1.54, 1.807) is 0 Å². The summed E-state index contributed by atoms with van der Waals surface area (Å²) in [5.41, 5.74) is 0. The zero-order chi connectivity index (χ0) is 13.1. The van der Waals surface area contributed by atoms with Gasteiger partial charge in [-0.3, -0.25) is 0 Å². The molecule has 0 aromatic rings. The van der Waals surface area contributed by atoms with Crippen LogP contribution in [0.5, 0.6) is 0 Å². The molecule has 2 atom stereocenters. The van der Waals surface area contributed by atoms with Crippen molar-refractivity contribution in [3.63, 3.8) is 0 Å². The predicted octanol–water partition coefficient (Wildman–Crippen LogP) is 2.07. The maximum Gasteiger partial charge on any atom is 0.00225 e. The molecule has 3 aliphatic rings. The van der Waals surface area contributed by atoms with Crippen LogP contribution in [0.3, 0.4) is 0 Å². The molecule has 1 aliphatic carbocycles. The quantitative estimate of drug-likeness (QED) is 0.810. The largest absolute Gasteiger partial charge is 0.316 e. The predicted molar refractivity (Wildman–Crippen MR) is 87.6 cm³/mol. The SMILES string of the molecule is CN(CC1CC1)CC1CCN(CC2CCCNC2)C1.Cl. The molecular formula is C16H32ClN3. The first-order valence-electron chi connectivity index (χ1n) is 8.41. The third kappa shape index (κ3) is 5.18. The van der Waals surface area contributed by atoms with E-state index < -0.39 is 0 Å². The Labute approximate surface area is 130 Å². The van der Waals surface area contributed by atoms with E-state index in [0.29, 0.717) is 0 Å². The lowest BCUT2D eigenvalue weighted by molar-refractivity contribution is 0.222. The Kier molecular flexibility index (Phi) is 6.60. The van der Waals surface area contributed by atoms with Crippen molar-refractivity contribution >= 4 is 12.4 Å². The van der Waals surface area contributed by atoms with Crippen molar-refractivity contribution in [1.29, 1.82) is 0 Å². The van der Waals surface area contributed by atoms with E-state index in [1.807, 2.05) is 0 Å². The third-order valence-corrected chi connectivity index (χ3v) is 5.12. The van der Waals surface area contributed by atoms with Gasteiger partial charge in [-0.15, -0.1) is 12.4 Å². The Bertz CT molecular complexity index is 277. The van der Waals surface area contributed by atoms with Crippen molar-refractivity contribution in [2.24, 2.45) is 17.8 Å². The summed E-state index contributed by atoms with van der Waals surface area (Å²) >= 11 is 0. The number of nitrogens with zero attached hydrogens (tertiary/aromatic N) is 2. The van der Waals surface area contributed by atoms with Crippen molar-refractivity contribution in [3.05, 3.63) is 0 Å². The van der Waals surface area contributed by atoms with Crippen LogP contribution < -0.4 is 5.32 Å². The first-order valence-corrected chi connectivity index (χ1v) is 8.41. The minimum atomic E-state index is 0. The second-order valence-electron chi connectivity index (χ2n) is 7.29. The Morgan fingerprint density at radius 1 is 1.05 bits per heavy atom. The average Bonchev–Trinajstić information content (AvgIpc) is 3.11. The summed E-state index contributed by atoms with van der Waals surface area (Å²) in [6.45, 7) is 9.21. The van der Waals surface area contributed by atoms with Crippen molar-refractivity contribution in [2.75, 3.05) is 52.9 Å². The maximum absolute atomic E-state index is 3.55. The fraction of sp³-hybridized carbons (Fsp3) is 1.00. The molecule has 2 heterocycles. The molecule has 2 saturated heterocycles. The third-order valence-electron chi connectivity index (χ3n) is 5.12. The Balaban J connectivity index is 0.00000147. The Morgan fingerprint density at radius 3 is 2.55 bits per heavy atom. The lowest BCUT2D eigenvalue weighted by atomic mass is 9.99. The number of halogens is 1. The molecule has 0 amide bonds. The van der Waals surface area contributed by atoms with E-state index in [0.717, 1.165) is 17.8 Å². The van der Waals surface area contributed by atoms with Gasteiger partial charge in [0.05, 0.1) is 0 Å². The van der Waals surface area contributed by atoms with E-state index in [-0.39, 0.29) is 12.4 Å². The molecule has 20 heavy (non-hydrogen) atoms. The van der Waals surface area contributed by atoms with Gasteiger partial charge in [0.15, 0.2) is 0 Å². The molecule has 3 fully saturated rings. The van der Waals surface area contributed by atoms with E-state index in [9.17, 15) is 0 Å². The van der Waals surface area contributed by atoms with Crippen LogP contribution in [-0.4, -0.2) is 62.7 Å². The van der Waals surface area contributed by atoms with Crippen LogP contribution in [0.1, 0.15) is 32.1 Å². The monoisotopic (exact) mass is 301 g/mol. The molecule has 0 bridgehead atoms. The summed E-state index contributed by atoms with van der Waals surface area (Å²) in [4.78, 5) is 5.32. The molecule has 3 nitrogen and oxygen atoms in total. The molecule has 2 aliphatic heterocycles. The summed E-state index contributed by atoms with van der Waals surface area (Å²) in [6.07, 6.45) is 7.21. The van der Waals surface area contributed by atoms with Gasteiger partial charge in [-0.2, -0.15) is 0 Å². The number of rotatable bonds is 6. The number of piperidine rings is 1. The van der Waals surface area contributed by atoms with Crippen molar-refractivity contribution < 1.29 is 0 Å². The molecule has 1 N–H and O–H groups in total. The zero-order valence-corrected chi connectivity index (χ0v) is 13.8. The molecule has 2 unspecified atom stereocenters. The van der Waals surface area contributed by atoms with Crippen molar-refractivity contribution in [2.45, 2.75) is 32.1 Å². The molecular weight excluding hydrogens is 270 g/mol. The van der Waals surface area contributed by atoms with Crippen LogP contribution in [0.2, 0.25) is 0 Å². The summed E-state index contributed by atoms with van der Waals surface area (Å²) in [6, 6.07) is 0. The number of nitrogens with one attached hydrogen (secondary N) is 1. The van der Waals surface area contributed by atoms with Gasteiger partial charge in [-0.25, -0.2) is 0 Å². The molecule has 0 aromatic heterocycles. The second-order valence-corrected chi connectivity index (χ2v) is 7.29. The maximum atomic E-state index is 3.55. The number of likely N-dealkylation sites (tertiary alicyclic amines) is 1.